The van der Waals surface area contributed by atoms with Gasteiger partial charge in [-0.3, -0.25) is 0 Å². The molecule has 3 rings (SSSR count). The van der Waals surface area contributed by atoms with Gasteiger partial charge in [-0.05, 0) is 42.5 Å². The highest BCUT2D eigenvalue weighted by Crippen LogP contribution is 2.33. The molecule has 0 saturated carbocycles. The highest BCUT2D eigenvalue weighted by Gasteiger charge is 2.10. The lowest BCUT2D eigenvalue weighted by Crippen LogP contribution is -2.20. The van der Waals surface area contributed by atoms with Crippen LogP contribution in [0.1, 0.15) is 0 Å². The Kier molecular flexibility index (Phi) is 5.87. The lowest BCUT2D eigenvalue weighted by atomic mass is 10.3. The van der Waals surface area contributed by atoms with Crippen LogP contribution < -0.4 is 10.6 Å². The number of hydrogen-bond donors (Lipinski definition) is 2. The number of amides is 2. The third-order valence-electron chi connectivity index (χ3n) is 3.28. The smallest absolute Gasteiger partial charge is 0.307 e. The molecule has 0 aliphatic heterocycles. The zero-order valence-corrected chi connectivity index (χ0v) is 15.3. The first-order valence-corrected chi connectivity index (χ1v) is 9.04. The van der Waals surface area contributed by atoms with E-state index in [0.29, 0.717) is 21.4 Å². The van der Waals surface area contributed by atoms with Gasteiger partial charge in [0, 0.05) is 14.8 Å². The molecule has 2 amide bonds. The maximum Gasteiger partial charge on any atom is 0.323 e. The van der Waals surface area contributed by atoms with Gasteiger partial charge in [-0.2, -0.15) is 0 Å². The summed E-state index contributed by atoms with van der Waals surface area (Å²) >= 11 is 13.6. The number of halogens is 2. The number of benzene rings is 3. The molecule has 0 unspecified atom stereocenters. The van der Waals surface area contributed by atoms with Gasteiger partial charge >= 0.3 is 6.03 Å². The van der Waals surface area contributed by atoms with Crippen molar-refractivity contribution in [3.05, 3.63) is 82.8 Å². The van der Waals surface area contributed by atoms with Crippen molar-refractivity contribution >= 4 is 52.4 Å². The largest absolute Gasteiger partial charge is 0.323 e. The molecule has 3 aromatic rings. The number of urea groups is 1. The maximum absolute atomic E-state index is 12.3. The van der Waals surface area contributed by atoms with Crippen LogP contribution in [0.15, 0.2) is 82.6 Å². The summed E-state index contributed by atoms with van der Waals surface area (Å²) in [6, 6.07) is 22.1. The summed E-state index contributed by atoms with van der Waals surface area (Å²) in [7, 11) is 0. The summed E-state index contributed by atoms with van der Waals surface area (Å²) in [5.74, 6) is 0. The Morgan fingerprint density at radius 1 is 0.800 bits per heavy atom. The number of para-hydroxylation sites is 1. The molecule has 0 aromatic heterocycles. The minimum Gasteiger partial charge on any atom is -0.307 e. The van der Waals surface area contributed by atoms with Crippen LogP contribution in [0, 0.1) is 0 Å². The Labute approximate surface area is 160 Å². The molecular formula is C19H14Cl2N2OS. The Balaban J connectivity index is 1.74. The van der Waals surface area contributed by atoms with Gasteiger partial charge < -0.3 is 10.6 Å². The van der Waals surface area contributed by atoms with Crippen LogP contribution in [0.5, 0.6) is 0 Å². The van der Waals surface area contributed by atoms with E-state index in [0.717, 1.165) is 9.79 Å². The molecule has 0 atom stereocenters. The molecule has 0 bridgehead atoms. The molecule has 2 N–H and O–H groups in total. The molecule has 25 heavy (non-hydrogen) atoms. The summed E-state index contributed by atoms with van der Waals surface area (Å²) in [5, 5.41) is 6.49. The van der Waals surface area contributed by atoms with Crippen molar-refractivity contribution in [3.63, 3.8) is 0 Å². The summed E-state index contributed by atoms with van der Waals surface area (Å²) in [6.45, 7) is 0. The fourth-order valence-electron chi connectivity index (χ4n) is 2.14. The van der Waals surface area contributed by atoms with Crippen molar-refractivity contribution in [3.8, 4) is 0 Å². The normalized spacial score (nSPS) is 10.3. The standard InChI is InChI=1S/C19H14Cl2N2OS/c20-13-10-11-15(21)17(12-13)23-19(24)22-16-8-4-5-9-18(16)25-14-6-2-1-3-7-14/h1-12H,(H2,22,23,24). The zero-order chi connectivity index (χ0) is 17.6. The average Bonchev–Trinajstić information content (AvgIpc) is 2.61. The molecular weight excluding hydrogens is 375 g/mol. The number of hydrogen-bond acceptors (Lipinski definition) is 2. The van der Waals surface area contributed by atoms with Gasteiger partial charge in [-0.1, -0.05) is 65.3 Å². The third-order valence-corrected chi connectivity index (χ3v) is 4.93. The van der Waals surface area contributed by atoms with Crippen molar-refractivity contribution in [2.45, 2.75) is 9.79 Å². The minimum absolute atomic E-state index is 0.384. The topological polar surface area (TPSA) is 41.1 Å². The van der Waals surface area contributed by atoms with Crippen molar-refractivity contribution in [2.24, 2.45) is 0 Å². The number of anilines is 2. The van der Waals surface area contributed by atoms with Crippen LogP contribution in [0.2, 0.25) is 10.0 Å². The minimum atomic E-state index is -0.384. The Hall–Kier alpha value is -2.14. The molecule has 0 spiro atoms. The van der Waals surface area contributed by atoms with Gasteiger partial charge in [0.15, 0.2) is 0 Å². The van der Waals surface area contributed by atoms with Gasteiger partial charge in [0.05, 0.1) is 16.4 Å². The molecule has 0 aliphatic rings. The van der Waals surface area contributed by atoms with Gasteiger partial charge in [0.2, 0.25) is 0 Å². The molecule has 3 aromatic carbocycles. The van der Waals surface area contributed by atoms with Crippen LogP contribution >= 0.6 is 35.0 Å². The van der Waals surface area contributed by atoms with Gasteiger partial charge in [-0.15, -0.1) is 0 Å². The molecule has 126 valence electrons. The third kappa shape index (κ3) is 4.92. The van der Waals surface area contributed by atoms with Crippen molar-refractivity contribution in [2.75, 3.05) is 10.6 Å². The summed E-state index contributed by atoms with van der Waals surface area (Å²) in [4.78, 5) is 14.4. The molecule has 0 fully saturated rings. The molecule has 3 nitrogen and oxygen atoms in total. The molecule has 0 radical (unpaired) electrons. The van der Waals surface area contributed by atoms with Crippen molar-refractivity contribution in [1.82, 2.24) is 0 Å². The highest BCUT2D eigenvalue weighted by atomic mass is 35.5. The Bertz CT molecular complexity index is 888. The van der Waals surface area contributed by atoms with E-state index in [1.54, 1.807) is 30.0 Å². The Morgan fingerprint density at radius 2 is 1.48 bits per heavy atom. The SMILES string of the molecule is O=C(Nc1cc(Cl)ccc1Cl)Nc1ccccc1Sc1ccccc1. The van der Waals surface area contributed by atoms with E-state index in [2.05, 4.69) is 10.6 Å². The first kappa shape index (κ1) is 17.7. The first-order valence-electron chi connectivity index (χ1n) is 7.47. The maximum atomic E-state index is 12.3. The highest BCUT2D eigenvalue weighted by molar-refractivity contribution is 7.99. The zero-order valence-electron chi connectivity index (χ0n) is 13.0. The van der Waals surface area contributed by atoms with Gasteiger partial charge in [0.25, 0.3) is 0 Å². The van der Waals surface area contributed by atoms with Gasteiger partial charge in [-0.25, -0.2) is 4.79 Å². The van der Waals surface area contributed by atoms with Crippen LogP contribution in [-0.2, 0) is 0 Å². The fraction of sp³-hybridized carbons (Fsp3) is 0. The van der Waals surface area contributed by atoms with E-state index >= 15 is 0 Å². The number of rotatable bonds is 4. The summed E-state index contributed by atoms with van der Waals surface area (Å²) in [5.41, 5.74) is 1.17. The quantitative estimate of drug-likeness (QED) is 0.516. The Morgan fingerprint density at radius 3 is 2.28 bits per heavy atom. The predicted octanol–water partition coefficient (Wildman–Crippen LogP) is 6.79. The van der Waals surface area contributed by atoms with Gasteiger partial charge in [0.1, 0.15) is 0 Å². The average molecular weight is 389 g/mol. The fourth-order valence-corrected chi connectivity index (χ4v) is 3.40. The monoisotopic (exact) mass is 388 g/mol. The van der Waals surface area contributed by atoms with Crippen LogP contribution in [0.25, 0.3) is 0 Å². The second kappa shape index (κ2) is 8.30. The van der Waals surface area contributed by atoms with E-state index in [4.69, 9.17) is 23.2 Å². The first-order chi connectivity index (χ1) is 12.1. The van der Waals surface area contributed by atoms with Crippen LogP contribution in [0.4, 0.5) is 16.2 Å². The van der Waals surface area contributed by atoms with E-state index in [-0.39, 0.29) is 6.03 Å². The lowest BCUT2D eigenvalue weighted by molar-refractivity contribution is 0.262. The molecule has 0 saturated heterocycles. The molecule has 0 heterocycles. The van der Waals surface area contributed by atoms with E-state index < -0.39 is 0 Å². The van der Waals surface area contributed by atoms with E-state index in [1.807, 2.05) is 54.6 Å². The van der Waals surface area contributed by atoms with E-state index in [1.165, 1.54) is 0 Å². The van der Waals surface area contributed by atoms with Crippen LogP contribution in [0.3, 0.4) is 0 Å². The summed E-state index contributed by atoms with van der Waals surface area (Å²) in [6.07, 6.45) is 0. The number of nitrogens with one attached hydrogen (secondary N) is 2. The second-order valence-corrected chi connectivity index (χ2v) is 7.07. The number of carbonyl (C=O) groups is 1. The number of carbonyl (C=O) groups excluding carboxylic acids is 1. The lowest BCUT2D eigenvalue weighted by Gasteiger charge is -2.12. The van der Waals surface area contributed by atoms with Crippen molar-refractivity contribution < 1.29 is 4.79 Å². The second-order valence-electron chi connectivity index (χ2n) is 5.11. The molecule has 6 heteroatoms. The van der Waals surface area contributed by atoms with E-state index in [9.17, 15) is 4.79 Å². The van der Waals surface area contributed by atoms with Crippen molar-refractivity contribution in [1.29, 1.82) is 0 Å². The summed E-state index contributed by atoms with van der Waals surface area (Å²) < 4.78 is 0. The predicted molar refractivity (Wildman–Crippen MR) is 106 cm³/mol. The molecule has 0 aliphatic carbocycles. The van der Waals surface area contributed by atoms with Crippen LogP contribution in [-0.4, -0.2) is 6.03 Å².